The van der Waals surface area contributed by atoms with Crippen LogP contribution in [-0.2, 0) is 6.42 Å². The minimum Gasteiger partial charge on any atom is -0.493 e. The van der Waals surface area contributed by atoms with Gasteiger partial charge < -0.3 is 10.1 Å². The second-order valence-electron chi connectivity index (χ2n) is 4.92. The van der Waals surface area contributed by atoms with Crippen molar-refractivity contribution in [3.63, 3.8) is 0 Å². The molecule has 1 fully saturated rings. The Hall–Kier alpha value is -1.18. The summed E-state index contributed by atoms with van der Waals surface area (Å²) in [5.41, 5.74) is 2.66. The molecule has 1 N–H and O–H groups in total. The maximum atomic E-state index is 5.97. The maximum Gasteiger partial charge on any atom is 0.124 e. The van der Waals surface area contributed by atoms with Crippen molar-refractivity contribution in [1.82, 2.24) is 0 Å². The van der Waals surface area contributed by atoms with Gasteiger partial charge in [0.15, 0.2) is 0 Å². The number of nitrogens with one attached hydrogen (secondary N) is 1. The van der Waals surface area contributed by atoms with Gasteiger partial charge in [-0.1, -0.05) is 12.5 Å². The number of hydrogen-bond acceptors (Lipinski definition) is 2. The first-order valence-electron chi connectivity index (χ1n) is 6.42. The summed E-state index contributed by atoms with van der Waals surface area (Å²) >= 11 is 0. The van der Waals surface area contributed by atoms with Gasteiger partial charge in [0.2, 0.25) is 0 Å². The molecule has 16 heavy (non-hydrogen) atoms. The van der Waals surface area contributed by atoms with Gasteiger partial charge in [0.1, 0.15) is 5.75 Å². The summed E-state index contributed by atoms with van der Waals surface area (Å²) in [6, 6.07) is 6.36. The fraction of sp³-hybridized carbons (Fsp3) is 0.571. The Bertz CT molecular complexity index is 371. The maximum absolute atomic E-state index is 5.97. The molecule has 0 unspecified atom stereocenters. The number of rotatable bonds is 3. The normalized spacial score (nSPS) is 19.5. The first-order chi connectivity index (χ1) is 7.93. The Morgan fingerprint density at radius 2 is 2.19 bits per heavy atom. The predicted molar refractivity (Wildman–Crippen MR) is 66.1 cm³/mol. The van der Waals surface area contributed by atoms with Crippen LogP contribution < -0.4 is 10.1 Å². The van der Waals surface area contributed by atoms with Crippen LogP contribution in [0.5, 0.6) is 5.75 Å². The molecule has 1 aromatic carbocycles. The summed E-state index contributed by atoms with van der Waals surface area (Å²) in [6.45, 7) is 2.01. The second kappa shape index (κ2) is 4.36. The van der Waals surface area contributed by atoms with E-state index in [9.17, 15) is 0 Å². The van der Waals surface area contributed by atoms with Gasteiger partial charge in [0.05, 0.1) is 6.61 Å². The molecule has 2 aliphatic rings. The van der Waals surface area contributed by atoms with Crippen molar-refractivity contribution in [1.29, 1.82) is 0 Å². The molecular weight excluding hydrogens is 198 g/mol. The highest BCUT2D eigenvalue weighted by Gasteiger charge is 2.19. The van der Waals surface area contributed by atoms with Gasteiger partial charge in [-0.15, -0.1) is 0 Å². The Morgan fingerprint density at radius 3 is 3.00 bits per heavy atom. The van der Waals surface area contributed by atoms with E-state index in [0.717, 1.165) is 31.2 Å². The van der Waals surface area contributed by atoms with Crippen LogP contribution in [0, 0.1) is 5.92 Å². The molecule has 0 radical (unpaired) electrons. The summed E-state index contributed by atoms with van der Waals surface area (Å²) in [5, 5.41) is 3.44. The zero-order valence-electron chi connectivity index (χ0n) is 9.67. The molecule has 2 heteroatoms. The summed E-state index contributed by atoms with van der Waals surface area (Å²) in [4.78, 5) is 0. The Kier molecular flexibility index (Phi) is 2.73. The Labute approximate surface area is 97.0 Å². The van der Waals surface area contributed by atoms with E-state index < -0.39 is 0 Å². The molecule has 0 saturated heterocycles. The van der Waals surface area contributed by atoms with Gasteiger partial charge in [-0.25, -0.2) is 0 Å². The number of benzene rings is 1. The van der Waals surface area contributed by atoms with Crippen LogP contribution in [0.25, 0.3) is 0 Å². The van der Waals surface area contributed by atoms with Crippen molar-refractivity contribution in [2.24, 2.45) is 5.92 Å². The fourth-order valence-corrected chi connectivity index (χ4v) is 2.48. The zero-order valence-corrected chi connectivity index (χ0v) is 9.67. The smallest absolute Gasteiger partial charge is 0.124 e. The van der Waals surface area contributed by atoms with Gasteiger partial charge in [0.25, 0.3) is 0 Å². The molecule has 1 heterocycles. The van der Waals surface area contributed by atoms with Crippen LogP contribution in [0.3, 0.4) is 0 Å². The quantitative estimate of drug-likeness (QED) is 0.839. The van der Waals surface area contributed by atoms with Crippen LogP contribution in [-0.4, -0.2) is 13.2 Å². The van der Waals surface area contributed by atoms with Crippen molar-refractivity contribution in [2.45, 2.75) is 32.1 Å². The van der Waals surface area contributed by atoms with Crippen molar-refractivity contribution in [2.75, 3.05) is 18.5 Å². The van der Waals surface area contributed by atoms with Gasteiger partial charge in [-0.3, -0.25) is 0 Å². The van der Waals surface area contributed by atoms with Crippen molar-refractivity contribution in [3.8, 4) is 5.75 Å². The van der Waals surface area contributed by atoms with Crippen molar-refractivity contribution >= 4 is 5.69 Å². The molecule has 0 spiro atoms. The average molecular weight is 217 g/mol. The zero-order chi connectivity index (χ0) is 10.8. The Morgan fingerprint density at radius 1 is 1.25 bits per heavy atom. The van der Waals surface area contributed by atoms with Gasteiger partial charge in [0, 0.05) is 17.8 Å². The fourth-order valence-electron chi connectivity index (χ4n) is 2.48. The minimum atomic E-state index is 0.812. The van der Waals surface area contributed by atoms with E-state index in [1.807, 2.05) is 0 Å². The molecule has 1 aliphatic heterocycles. The van der Waals surface area contributed by atoms with E-state index >= 15 is 0 Å². The molecule has 1 saturated carbocycles. The van der Waals surface area contributed by atoms with E-state index in [-0.39, 0.29) is 0 Å². The predicted octanol–water partition coefficient (Wildman–Crippen LogP) is 3.22. The lowest BCUT2D eigenvalue weighted by molar-refractivity contribution is 0.179. The first-order valence-corrected chi connectivity index (χ1v) is 6.42. The van der Waals surface area contributed by atoms with E-state index in [1.54, 1.807) is 0 Å². The summed E-state index contributed by atoms with van der Waals surface area (Å²) in [5.74, 6) is 1.92. The highest BCUT2D eigenvalue weighted by Crippen LogP contribution is 2.32. The van der Waals surface area contributed by atoms with Crippen molar-refractivity contribution < 1.29 is 4.74 Å². The third-order valence-electron chi connectivity index (χ3n) is 3.75. The monoisotopic (exact) mass is 217 g/mol. The summed E-state index contributed by atoms with van der Waals surface area (Å²) in [7, 11) is 0. The van der Waals surface area contributed by atoms with E-state index in [4.69, 9.17) is 4.74 Å². The molecular formula is C14H19NO. The number of ether oxygens (including phenoxy) is 1. The SMILES string of the molecule is c1cc2c(c(OCC3CCC3)c1)CCCN2. The molecule has 0 amide bonds. The molecule has 2 nitrogen and oxygen atoms in total. The summed E-state index contributed by atoms with van der Waals surface area (Å²) in [6.07, 6.45) is 6.48. The first kappa shape index (κ1) is 10.0. The highest BCUT2D eigenvalue weighted by molar-refractivity contribution is 5.59. The average Bonchev–Trinajstić information content (AvgIpc) is 2.27. The van der Waals surface area contributed by atoms with Crippen LogP contribution in [0.15, 0.2) is 18.2 Å². The molecule has 0 bridgehead atoms. The number of fused-ring (bicyclic) bond motifs is 1. The molecule has 3 rings (SSSR count). The van der Waals surface area contributed by atoms with E-state index in [1.165, 1.54) is 36.9 Å². The molecule has 1 aromatic rings. The van der Waals surface area contributed by atoms with Gasteiger partial charge in [-0.2, -0.15) is 0 Å². The van der Waals surface area contributed by atoms with Gasteiger partial charge in [-0.05, 0) is 43.7 Å². The van der Waals surface area contributed by atoms with E-state index in [2.05, 4.69) is 23.5 Å². The highest BCUT2D eigenvalue weighted by atomic mass is 16.5. The van der Waals surface area contributed by atoms with Gasteiger partial charge >= 0.3 is 0 Å². The standard InChI is InChI=1S/C14H19NO/c1-4-11(5-1)10-16-14-8-2-7-13-12(14)6-3-9-15-13/h2,7-8,11,15H,1,3-6,9-10H2. The molecule has 1 aliphatic carbocycles. The van der Waals surface area contributed by atoms with Crippen LogP contribution >= 0.6 is 0 Å². The molecule has 0 atom stereocenters. The third kappa shape index (κ3) is 1.89. The lowest BCUT2D eigenvalue weighted by Gasteiger charge is -2.27. The number of anilines is 1. The summed E-state index contributed by atoms with van der Waals surface area (Å²) < 4.78 is 5.97. The minimum absolute atomic E-state index is 0.812. The Balaban J connectivity index is 1.72. The topological polar surface area (TPSA) is 21.3 Å². The van der Waals surface area contributed by atoms with Crippen LogP contribution in [0.4, 0.5) is 5.69 Å². The van der Waals surface area contributed by atoms with Crippen LogP contribution in [0.1, 0.15) is 31.2 Å². The lowest BCUT2D eigenvalue weighted by atomic mass is 9.86. The lowest BCUT2D eigenvalue weighted by Crippen LogP contribution is -2.20. The van der Waals surface area contributed by atoms with Crippen molar-refractivity contribution in [3.05, 3.63) is 23.8 Å². The second-order valence-corrected chi connectivity index (χ2v) is 4.92. The largest absolute Gasteiger partial charge is 0.493 e. The molecule has 86 valence electrons. The molecule has 0 aromatic heterocycles. The van der Waals surface area contributed by atoms with E-state index in [0.29, 0.717) is 0 Å². The third-order valence-corrected chi connectivity index (χ3v) is 3.75. The number of hydrogen-bond donors (Lipinski definition) is 1. The van der Waals surface area contributed by atoms with Crippen LogP contribution in [0.2, 0.25) is 0 Å².